The summed E-state index contributed by atoms with van der Waals surface area (Å²) in [6.07, 6.45) is -0.879. The minimum atomic E-state index is -1.85. The number of ketones is 1. The first-order valence-electron chi connectivity index (χ1n) is 7.09. The number of esters is 1. The molecule has 1 aromatic heterocycles. The Balaban J connectivity index is 2.64. The molecule has 1 aliphatic heterocycles. The third-order valence-corrected chi connectivity index (χ3v) is 3.86. The lowest BCUT2D eigenvalue weighted by Gasteiger charge is -2.32. The van der Waals surface area contributed by atoms with Crippen molar-refractivity contribution in [3.63, 3.8) is 0 Å². The number of hydrogen-bond donors (Lipinski definition) is 2. The standard InChI is InChI=1S/C15H19NO6/c1-4-11(17)12(18)10-6-9-8(13(16-10)21-3)7-22-14(19)15(9,20)5-2/h6,11,17,20H,4-5,7H2,1-3H3/t11?,15-/m0/s1. The molecule has 22 heavy (non-hydrogen) atoms. The molecule has 0 amide bonds. The van der Waals surface area contributed by atoms with Gasteiger partial charge >= 0.3 is 5.97 Å². The molecule has 120 valence electrons. The molecule has 2 N–H and O–H groups in total. The second-order valence-electron chi connectivity index (χ2n) is 5.12. The van der Waals surface area contributed by atoms with E-state index in [1.807, 2.05) is 0 Å². The Bertz CT molecular complexity index is 614. The molecule has 0 bridgehead atoms. The van der Waals surface area contributed by atoms with Gasteiger partial charge in [0.25, 0.3) is 0 Å². The van der Waals surface area contributed by atoms with Gasteiger partial charge in [0.15, 0.2) is 5.60 Å². The molecular weight excluding hydrogens is 290 g/mol. The SMILES string of the molecule is CCC(O)C(=O)c1cc2c(c(OC)n1)COC(=O)[C@]2(O)CC. The van der Waals surface area contributed by atoms with E-state index in [1.54, 1.807) is 13.8 Å². The number of carbonyl (C=O) groups excluding carboxylic acids is 2. The molecule has 2 heterocycles. The second-order valence-corrected chi connectivity index (χ2v) is 5.12. The molecule has 1 aromatic rings. The summed E-state index contributed by atoms with van der Waals surface area (Å²) in [6.45, 7) is 3.21. The van der Waals surface area contributed by atoms with Gasteiger partial charge in [-0.05, 0) is 18.9 Å². The predicted molar refractivity (Wildman–Crippen MR) is 75.4 cm³/mol. The number of cyclic esters (lactones) is 1. The van der Waals surface area contributed by atoms with Crippen molar-refractivity contribution in [2.24, 2.45) is 0 Å². The number of Topliss-reactive ketones (excluding diaryl/α,β-unsaturated/α-hetero) is 1. The molecule has 0 radical (unpaired) electrons. The van der Waals surface area contributed by atoms with E-state index in [4.69, 9.17) is 9.47 Å². The molecule has 0 aromatic carbocycles. The maximum atomic E-state index is 12.1. The normalized spacial score (nSPS) is 21.8. The Morgan fingerprint density at radius 3 is 2.77 bits per heavy atom. The van der Waals surface area contributed by atoms with Gasteiger partial charge in [0.05, 0.1) is 12.7 Å². The largest absolute Gasteiger partial charge is 0.481 e. The summed E-state index contributed by atoms with van der Waals surface area (Å²) < 4.78 is 10.1. The summed E-state index contributed by atoms with van der Waals surface area (Å²) >= 11 is 0. The fourth-order valence-electron chi connectivity index (χ4n) is 2.41. The van der Waals surface area contributed by atoms with Crippen LogP contribution in [0, 0.1) is 0 Å². The number of rotatable bonds is 5. The smallest absolute Gasteiger partial charge is 0.343 e. The van der Waals surface area contributed by atoms with Crippen LogP contribution in [0.25, 0.3) is 0 Å². The molecular formula is C15H19NO6. The van der Waals surface area contributed by atoms with Gasteiger partial charge in [-0.15, -0.1) is 0 Å². The highest BCUT2D eigenvalue weighted by molar-refractivity contribution is 5.98. The fraction of sp³-hybridized carbons (Fsp3) is 0.533. The number of carbonyl (C=O) groups is 2. The number of aromatic nitrogens is 1. The first kappa shape index (κ1) is 16.4. The number of methoxy groups -OCH3 is 1. The molecule has 1 aliphatic rings. The first-order chi connectivity index (χ1) is 10.4. The van der Waals surface area contributed by atoms with Gasteiger partial charge in [0.2, 0.25) is 11.7 Å². The van der Waals surface area contributed by atoms with Crippen molar-refractivity contribution in [1.29, 1.82) is 0 Å². The van der Waals surface area contributed by atoms with Crippen LogP contribution in [0.1, 0.15) is 48.3 Å². The van der Waals surface area contributed by atoms with E-state index in [0.717, 1.165) is 0 Å². The van der Waals surface area contributed by atoms with Crippen molar-refractivity contribution in [3.8, 4) is 5.88 Å². The third kappa shape index (κ3) is 2.46. The van der Waals surface area contributed by atoms with Gasteiger partial charge in [0.1, 0.15) is 18.4 Å². The van der Waals surface area contributed by atoms with Crippen molar-refractivity contribution in [1.82, 2.24) is 4.98 Å². The zero-order chi connectivity index (χ0) is 16.5. The maximum absolute atomic E-state index is 12.1. The molecule has 7 nitrogen and oxygen atoms in total. The van der Waals surface area contributed by atoms with Crippen LogP contribution in [-0.2, 0) is 21.7 Å². The minimum absolute atomic E-state index is 0.0495. The van der Waals surface area contributed by atoms with Gasteiger partial charge < -0.3 is 19.7 Å². The Morgan fingerprint density at radius 2 is 2.23 bits per heavy atom. The van der Waals surface area contributed by atoms with E-state index in [9.17, 15) is 19.8 Å². The van der Waals surface area contributed by atoms with Gasteiger partial charge in [-0.25, -0.2) is 9.78 Å². The lowest BCUT2D eigenvalue weighted by atomic mass is 9.85. The van der Waals surface area contributed by atoms with E-state index in [0.29, 0.717) is 5.56 Å². The molecule has 0 fully saturated rings. The lowest BCUT2D eigenvalue weighted by Crippen LogP contribution is -2.41. The van der Waals surface area contributed by atoms with Gasteiger partial charge in [-0.2, -0.15) is 0 Å². The Hall–Kier alpha value is -1.99. The van der Waals surface area contributed by atoms with Crippen LogP contribution in [0.5, 0.6) is 5.88 Å². The highest BCUT2D eigenvalue weighted by Gasteiger charge is 2.45. The molecule has 2 atom stereocenters. The minimum Gasteiger partial charge on any atom is -0.481 e. The molecule has 2 rings (SSSR count). The molecule has 0 spiro atoms. The van der Waals surface area contributed by atoms with Gasteiger partial charge in [0, 0.05) is 5.56 Å². The average molecular weight is 309 g/mol. The number of pyridine rings is 1. The van der Waals surface area contributed by atoms with Crippen molar-refractivity contribution in [3.05, 3.63) is 22.9 Å². The van der Waals surface area contributed by atoms with Gasteiger partial charge in [-0.3, -0.25) is 4.79 Å². The summed E-state index contributed by atoms with van der Waals surface area (Å²) in [6, 6.07) is 1.34. The summed E-state index contributed by atoms with van der Waals surface area (Å²) in [7, 11) is 1.37. The summed E-state index contributed by atoms with van der Waals surface area (Å²) in [5.41, 5.74) is -1.24. The molecule has 0 saturated heterocycles. The van der Waals surface area contributed by atoms with Crippen LogP contribution < -0.4 is 4.74 Å². The van der Waals surface area contributed by atoms with Crippen LogP contribution in [0.3, 0.4) is 0 Å². The average Bonchev–Trinajstić information content (AvgIpc) is 2.55. The second kappa shape index (κ2) is 6.02. The van der Waals surface area contributed by atoms with Crippen molar-refractivity contribution < 1.29 is 29.3 Å². The van der Waals surface area contributed by atoms with Crippen molar-refractivity contribution in [2.45, 2.75) is 45.0 Å². The van der Waals surface area contributed by atoms with Crippen LogP contribution >= 0.6 is 0 Å². The van der Waals surface area contributed by atoms with E-state index in [-0.39, 0.29) is 36.6 Å². The summed E-state index contributed by atoms with van der Waals surface area (Å²) in [5.74, 6) is -1.25. The number of aliphatic hydroxyl groups excluding tert-OH is 1. The highest BCUT2D eigenvalue weighted by atomic mass is 16.6. The maximum Gasteiger partial charge on any atom is 0.343 e. The molecule has 1 unspecified atom stereocenters. The van der Waals surface area contributed by atoms with Gasteiger partial charge in [-0.1, -0.05) is 13.8 Å². The Labute approximate surface area is 127 Å². The first-order valence-corrected chi connectivity index (χ1v) is 7.09. The molecule has 0 saturated carbocycles. The summed E-state index contributed by atoms with van der Waals surface area (Å²) in [5, 5.41) is 20.3. The highest BCUT2D eigenvalue weighted by Crippen LogP contribution is 2.38. The zero-order valence-corrected chi connectivity index (χ0v) is 12.8. The molecule has 0 aliphatic carbocycles. The van der Waals surface area contributed by atoms with Crippen LogP contribution in [0.2, 0.25) is 0 Å². The molecule has 7 heteroatoms. The van der Waals surface area contributed by atoms with Crippen LogP contribution in [0.15, 0.2) is 6.07 Å². The van der Waals surface area contributed by atoms with E-state index in [1.165, 1.54) is 13.2 Å². The van der Waals surface area contributed by atoms with Crippen molar-refractivity contribution >= 4 is 11.8 Å². The number of nitrogens with zero attached hydrogens (tertiary/aromatic N) is 1. The quantitative estimate of drug-likeness (QED) is 0.609. The topological polar surface area (TPSA) is 106 Å². The predicted octanol–water partition coefficient (Wildman–Crippen LogP) is 0.698. The van der Waals surface area contributed by atoms with E-state index < -0.39 is 23.5 Å². The van der Waals surface area contributed by atoms with Crippen LogP contribution in [-0.4, -0.2) is 40.2 Å². The van der Waals surface area contributed by atoms with E-state index in [2.05, 4.69) is 4.98 Å². The Kier molecular flexibility index (Phi) is 4.48. The monoisotopic (exact) mass is 309 g/mol. The third-order valence-electron chi connectivity index (χ3n) is 3.86. The zero-order valence-electron chi connectivity index (χ0n) is 12.8. The van der Waals surface area contributed by atoms with Crippen LogP contribution in [0.4, 0.5) is 0 Å². The number of ether oxygens (including phenoxy) is 2. The summed E-state index contributed by atoms with van der Waals surface area (Å²) in [4.78, 5) is 28.1. The lowest BCUT2D eigenvalue weighted by molar-refractivity contribution is -0.172. The number of hydrogen-bond acceptors (Lipinski definition) is 7. The Morgan fingerprint density at radius 1 is 1.55 bits per heavy atom. The number of aliphatic hydroxyl groups is 2. The fourth-order valence-corrected chi connectivity index (χ4v) is 2.41. The number of fused-ring (bicyclic) bond motifs is 1. The van der Waals surface area contributed by atoms with Crippen molar-refractivity contribution in [2.75, 3.05) is 7.11 Å². The van der Waals surface area contributed by atoms with E-state index >= 15 is 0 Å².